The first-order valence-corrected chi connectivity index (χ1v) is 10.8. The Labute approximate surface area is 252 Å². The first kappa shape index (κ1) is 31.3. The van der Waals surface area contributed by atoms with E-state index >= 15 is 0 Å². The van der Waals surface area contributed by atoms with Crippen LogP contribution in [0, 0.1) is 11.4 Å². The summed E-state index contributed by atoms with van der Waals surface area (Å²) >= 11 is 6.26. The van der Waals surface area contributed by atoms with Gasteiger partial charge < -0.3 is 39.4 Å². The fraction of sp³-hybridized carbons (Fsp3) is 0.476. The molecule has 2 aromatic rings. The van der Waals surface area contributed by atoms with Crippen molar-refractivity contribution in [1.82, 2.24) is 4.98 Å². The van der Waals surface area contributed by atoms with E-state index in [1.165, 1.54) is 29.5 Å². The van der Waals surface area contributed by atoms with Crippen LogP contribution in [0.25, 0.3) is 0 Å². The third-order valence-electron chi connectivity index (χ3n) is 4.94. The number of rotatable bonds is 2. The Morgan fingerprint density at radius 3 is 2.42 bits per heavy atom. The second-order valence-corrected chi connectivity index (χ2v) is 9.17. The Hall–Kier alpha value is 0.272. The number of carbonyl (C=O) groups excluding carboxylic acids is 1. The number of aromatic nitrogens is 1. The van der Waals surface area contributed by atoms with Crippen LogP contribution in [0.15, 0.2) is 12.3 Å². The van der Waals surface area contributed by atoms with Crippen molar-refractivity contribution >= 4 is 35.3 Å². The second kappa shape index (κ2) is 13.9. The molecule has 8 N–H and O–H groups in total. The molecule has 0 spiro atoms. The third-order valence-corrected chi connectivity index (χ3v) is 6.45. The number of aryl methyl sites for hydroxylation is 1. The molecule has 31 heavy (non-hydrogen) atoms. The molecule has 1 aromatic heterocycles. The first-order chi connectivity index (χ1) is 13.7. The molecular formula is C21H33CsN4O3S2. The number of carbonyl (C=O) groups is 1. The van der Waals surface area contributed by atoms with Crippen molar-refractivity contribution in [3.8, 4) is 0 Å². The number of aliphatic hydroxyl groups excluding tert-OH is 1. The van der Waals surface area contributed by atoms with E-state index < -0.39 is 11.6 Å². The number of aromatic amines is 1. The molecule has 0 saturated carbocycles. The number of primary amides is 1. The summed E-state index contributed by atoms with van der Waals surface area (Å²) in [6, 6.07) is 1.59. The van der Waals surface area contributed by atoms with Crippen LogP contribution in [0.4, 0.5) is 10.5 Å². The van der Waals surface area contributed by atoms with E-state index in [1.54, 1.807) is 20.0 Å². The fourth-order valence-corrected chi connectivity index (χ4v) is 4.69. The summed E-state index contributed by atoms with van der Waals surface area (Å²) < 4.78 is 0.706. The first-order valence-electron chi connectivity index (χ1n) is 9.58. The zero-order valence-electron chi connectivity index (χ0n) is 19.0. The molecule has 2 aliphatic carbocycles. The predicted octanol–water partition coefficient (Wildman–Crippen LogP) is 0.708. The molecule has 1 aromatic carbocycles. The van der Waals surface area contributed by atoms with Crippen molar-refractivity contribution in [2.45, 2.75) is 57.7 Å². The third kappa shape index (κ3) is 8.21. The average molecular weight is 587 g/mol. The molecule has 4 rings (SSSR count). The molecule has 10 heteroatoms. The van der Waals surface area contributed by atoms with E-state index in [0.717, 1.165) is 53.8 Å². The van der Waals surface area contributed by atoms with E-state index in [1.807, 2.05) is 0 Å². The number of nitrogens with two attached hydrogens (primary N) is 2. The van der Waals surface area contributed by atoms with Gasteiger partial charge in [-0.15, -0.1) is 11.3 Å². The molecule has 0 bridgehead atoms. The minimum Gasteiger partial charge on any atom is -0.388 e. The van der Waals surface area contributed by atoms with Gasteiger partial charge in [-0.1, -0.05) is 6.07 Å². The molecule has 0 aliphatic heterocycles. The van der Waals surface area contributed by atoms with Gasteiger partial charge in [0.25, 0.3) is 0 Å². The summed E-state index contributed by atoms with van der Waals surface area (Å²) in [5, 5.41) is 22.1. The number of thiazole rings is 1. The number of aliphatic hydroxyl groups is 2. The maximum absolute atomic E-state index is 11.1. The number of H-pyrrole nitrogens is 1. The van der Waals surface area contributed by atoms with Crippen LogP contribution >= 0.6 is 23.6 Å². The standard InChI is InChI=1S/C13H16N2O2.C6H9NOS2.CH5N.CH3.Cs/c14-13(17)15-12-8-3-1-2-7(8)6-10-9(12)4-5-11(10)16;1-6(2,8)4-3-7-5(9)10-4;1-2;;/h6,11,16H,1-5H2,(H3,14,15,17);3,8H,1-2H3,(H,7,9);2H2,1H3;1H3;/q;;;-1;+1. The van der Waals surface area contributed by atoms with Gasteiger partial charge in [0, 0.05) is 11.9 Å². The molecule has 1 heterocycles. The number of nitrogens with one attached hydrogen (secondary N) is 2. The van der Waals surface area contributed by atoms with E-state index in [-0.39, 0.29) is 82.4 Å². The van der Waals surface area contributed by atoms with Crippen LogP contribution in [0.3, 0.4) is 0 Å². The Bertz CT molecular complexity index is 922. The van der Waals surface area contributed by atoms with Gasteiger partial charge >= 0.3 is 74.9 Å². The minimum atomic E-state index is -0.766. The largest absolute Gasteiger partial charge is 1.00 e. The van der Waals surface area contributed by atoms with Crippen LogP contribution in [0.1, 0.15) is 59.9 Å². The monoisotopic (exact) mass is 586 g/mol. The molecule has 168 valence electrons. The van der Waals surface area contributed by atoms with Gasteiger partial charge in [-0.3, -0.25) is 0 Å². The molecule has 0 radical (unpaired) electrons. The number of amides is 2. The van der Waals surface area contributed by atoms with Crippen LogP contribution < -0.4 is 85.7 Å². The van der Waals surface area contributed by atoms with E-state index in [4.69, 9.17) is 18.0 Å². The molecule has 1 atom stereocenters. The summed E-state index contributed by atoms with van der Waals surface area (Å²) in [5.41, 5.74) is 14.4. The normalized spacial score (nSPS) is 15.6. The average Bonchev–Trinajstić information content (AvgIpc) is 3.37. The van der Waals surface area contributed by atoms with Gasteiger partial charge in [0.1, 0.15) is 0 Å². The van der Waals surface area contributed by atoms with Crippen molar-refractivity contribution in [3.05, 3.63) is 50.8 Å². The fourth-order valence-electron chi connectivity index (χ4n) is 3.68. The molecule has 7 nitrogen and oxygen atoms in total. The summed E-state index contributed by atoms with van der Waals surface area (Å²) in [6.45, 7) is 3.48. The van der Waals surface area contributed by atoms with Gasteiger partial charge in [-0.05, 0) is 87.5 Å². The number of hydrogen-bond acceptors (Lipinski definition) is 6. The van der Waals surface area contributed by atoms with Gasteiger partial charge in [-0.25, -0.2) is 4.79 Å². The van der Waals surface area contributed by atoms with E-state index in [0.29, 0.717) is 3.95 Å². The Morgan fingerprint density at radius 2 is 1.94 bits per heavy atom. The number of hydrogen-bond donors (Lipinski definition) is 6. The van der Waals surface area contributed by atoms with Crippen LogP contribution in [0.5, 0.6) is 0 Å². The van der Waals surface area contributed by atoms with Crippen molar-refractivity contribution in [2.24, 2.45) is 11.5 Å². The topological polar surface area (TPSA) is 137 Å². The zero-order valence-corrected chi connectivity index (χ0v) is 27.0. The summed E-state index contributed by atoms with van der Waals surface area (Å²) in [6.07, 6.45) is 6.06. The second-order valence-electron chi connectivity index (χ2n) is 7.46. The van der Waals surface area contributed by atoms with E-state index in [2.05, 4.69) is 22.1 Å². The van der Waals surface area contributed by atoms with Crippen molar-refractivity contribution in [2.75, 3.05) is 12.4 Å². The molecule has 2 amide bonds. The van der Waals surface area contributed by atoms with Crippen LogP contribution in [0.2, 0.25) is 0 Å². The molecule has 1 unspecified atom stereocenters. The summed E-state index contributed by atoms with van der Waals surface area (Å²) in [5.74, 6) is 0. The summed E-state index contributed by atoms with van der Waals surface area (Å²) in [7, 11) is 1.50. The van der Waals surface area contributed by atoms with Gasteiger partial charge in [0.2, 0.25) is 0 Å². The van der Waals surface area contributed by atoms with E-state index in [9.17, 15) is 15.0 Å². The molecular weight excluding hydrogens is 553 g/mol. The molecule has 2 aliphatic rings. The Kier molecular flexibility index (Phi) is 14.0. The van der Waals surface area contributed by atoms with Gasteiger partial charge in [-0.2, -0.15) is 0 Å². The SMILES string of the molecule is CC(C)(O)c1c[nH]c(=S)s1.CN.NC(=O)Nc1c2c(cc3c1CCC3O)CCC2.[CH3-].[Cs+]. The zero-order chi connectivity index (χ0) is 21.8. The Balaban J connectivity index is 0.000000560. The van der Waals surface area contributed by atoms with Crippen molar-refractivity contribution < 1.29 is 83.9 Å². The smallest absolute Gasteiger partial charge is 0.388 e. The number of fused-ring (bicyclic) bond motifs is 2. The van der Waals surface area contributed by atoms with Crippen LogP contribution in [-0.2, 0) is 24.9 Å². The number of benzene rings is 1. The quantitative estimate of drug-likeness (QED) is 0.228. The van der Waals surface area contributed by atoms with Crippen molar-refractivity contribution in [3.63, 3.8) is 0 Å². The Morgan fingerprint density at radius 1 is 1.29 bits per heavy atom. The molecule has 0 fully saturated rings. The van der Waals surface area contributed by atoms with Crippen molar-refractivity contribution in [1.29, 1.82) is 0 Å². The molecule has 0 saturated heterocycles. The van der Waals surface area contributed by atoms with Crippen LogP contribution in [-0.4, -0.2) is 28.3 Å². The predicted molar refractivity (Wildman–Crippen MR) is 126 cm³/mol. The minimum absolute atomic E-state index is 0. The number of urea groups is 1. The number of anilines is 1. The maximum Gasteiger partial charge on any atom is 1.00 e. The van der Waals surface area contributed by atoms with Gasteiger partial charge in [0.05, 0.1) is 16.6 Å². The maximum atomic E-state index is 11.1. The van der Waals surface area contributed by atoms with Gasteiger partial charge in [0.15, 0.2) is 3.95 Å². The summed E-state index contributed by atoms with van der Waals surface area (Å²) in [4.78, 5) is 14.8.